The molecule has 2 aromatic carbocycles. The lowest BCUT2D eigenvalue weighted by molar-refractivity contribution is -0.132. The van der Waals surface area contributed by atoms with E-state index in [2.05, 4.69) is 11.9 Å². The maximum absolute atomic E-state index is 13.4. The van der Waals surface area contributed by atoms with Crippen molar-refractivity contribution in [2.24, 2.45) is 0 Å². The van der Waals surface area contributed by atoms with Gasteiger partial charge in [-0.15, -0.1) is 17.9 Å². The van der Waals surface area contributed by atoms with Crippen LogP contribution in [0.1, 0.15) is 28.5 Å². The van der Waals surface area contributed by atoms with Gasteiger partial charge in [0.2, 0.25) is 5.91 Å². The summed E-state index contributed by atoms with van der Waals surface area (Å²) in [5.41, 5.74) is 3.68. The Hall–Kier alpha value is -3.45. The van der Waals surface area contributed by atoms with Gasteiger partial charge in [0.1, 0.15) is 12.4 Å². The topological polar surface area (TPSA) is 52.7 Å². The molecule has 34 heavy (non-hydrogen) atoms. The maximum Gasteiger partial charge on any atom is 0.322 e. The Morgan fingerprint density at radius 2 is 1.79 bits per heavy atom. The lowest BCUT2D eigenvalue weighted by Gasteiger charge is -2.27. The van der Waals surface area contributed by atoms with Crippen LogP contribution < -0.4 is 5.32 Å². The van der Waals surface area contributed by atoms with Crippen molar-refractivity contribution in [1.29, 1.82) is 0 Å². The van der Waals surface area contributed by atoms with Crippen molar-refractivity contribution in [3.8, 4) is 0 Å². The zero-order chi connectivity index (χ0) is 24.5. The minimum atomic E-state index is -0.358. The third kappa shape index (κ3) is 6.78. The van der Waals surface area contributed by atoms with Crippen molar-refractivity contribution in [2.45, 2.75) is 33.4 Å². The summed E-state index contributed by atoms with van der Waals surface area (Å²) in [7, 11) is 0. The normalized spacial score (nSPS) is 10.6. The fourth-order valence-corrected chi connectivity index (χ4v) is 4.49. The van der Waals surface area contributed by atoms with E-state index in [0.717, 1.165) is 33.7 Å². The molecule has 3 amide bonds. The molecule has 1 heterocycles. The molecule has 0 aliphatic rings. The Balaban J connectivity index is 1.78. The minimum Gasteiger partial charge on any atom is -0.332 e. The number of nitrogens with one attached hydrogen (secondary N) is 1. The second kappa shape index (κ2) is 12.1. The number of halogens is 1. The second-order valence-corrected chi connectivity index (χ2v) is 9.01. The average molecular weight is 480 g/mol. The number of carbonyl (C=O) groups is 2. The van der Waals surface area contributed by atoms with Crippen LogP contribution in [0.2, 0.25) is 0 Å². The van der Waals surface area contributed by atoms with E-state index < -0.39 is 0 Å². The number of thiophene rings is 1. The van der Waals surface area contributed by atoms with E-state index in [1.165, 1.54) is 17.0 Å². The molecule has 0 fully saturated rings. The van der Waals surface area contributed by atoms with Crippen LogP contribution in [0.5, 0.6) is 0 Å². The van der Waals surface area contributed by atoms with Gasteiger partial charge in [0.05, 0.1) is 6.54 Å². The number of carbonyl (C=O) groups excluding carboxylic acids is 2. The van der Waals surface area contributed by atoms with Crippen molar-refractivity contribution in [3.05, 3.63) is 100 Å². The molecule has 0 bridgehead atoms. The number of benzene rings is 2. The number of amides is 3. The molecule has 0 atom stereocenters. The largest absolute Gasteiger partial charge is 0.332 e. The van der Waals surface area contributed by atoms with E-state index in [1.54, 1.807) is 34.4 Å². The van der Waals surface area contributed by atoms with Crippen molar-refractivity contribution < 1.29 is 14.0 Å². The number of para-hydroxylation sites is 1. The number of nitrogens with zero attached hydrogens (tertiary/aromatic N) is 2. The quantitative estimate of drug-likeness (QED) is 0.362. The lowest BCUT2D eigenvalue weighted by atomic mass is 10.1. The van der Waals surface area contributed by atoms with Gasteiger partial charge in [-0.2, -0.15) is 0 Å². The van der Waals surface area contributed by atoms with Crippen LogP contribution in [0.3, 0.4) is 0 Å². The Labute approximate surface area is 204 Å². The first kappa shape index (κ1) is 25.2. The lowest BCUT2D eigenvalue weighted by Crippen LogP contribution is -2.44. The van der Waals surface area contributed by atoms with Gasteiger partial charge in [0.25, 0.3) is 0 Å². The average Bonchev–Trinajstić information content (AvgIpc) is 3.24. The first-order chi connectivity index (χ1) is 16.4. The van der Waals surface area contributed by atoms with E-state index in [0.29, 0.717) is 13.1 Å². The van der Waals surface area contributed by atoms with Gasteiger partial charge in [-0.3, -0.25) is 4.79 Å². The monoisotopic (exact) mass is 479 g/mol. The van der Waals surface area contributed by atoms with Crippen molar-refractivity contribution in [1.82, 2.24) is 9.80 Å². The van der Waals surface area contributed by atoms with Gasteiger partial charge in [-0.05, 0) is 59.7 Å². The second-order valence-electron chi connectivity index (χ2n) is 8.01. The van der Waals surface area contributed by atoms with Crippen LogP contribution in [-0.4, -0.2) is 34.8 Å². The maximum atomic E-state index is 13.4. The number of aryl methyl sites for hydroxylation is 2. The van der Waals surface area contributed by atoms with Gasteiger partial charge in [0.15, 0.2) is 0 Å². The third-order valence-electron chi connectivity index (χ3n) is 5.54. The fourth-order valence-electron chi connectivity index (χ4n) is 3.57. The fraction of sp³-hybridized carbons (Fsp3) is 0.259. The van der Waals surface area contributed by atoms with Gasteiger partial charge in [-0.1, -0.05) is 43.3 Å². The SMILES string of the molecule is C=CCN(CC(=O)N(Cc1ccc(F)cc1)Cc1sccc1C)C(=O)Nc1ccccc1CC. The van der Waals surface area contributed by atoms with E-state index >= 15 is 0 Å². The van der Waals surface area contributed by atoms with Crippen LogP contribution in [-0.2, 0) is 24.3 Å². The zero-order valence-electron chi connectivity index (χ0n) is 19.6. The summed E-state index contributed by atoms with van der Waals surface area (Å²) in [6.45, 7) is 8.64. The molecule has 0 saturated carbocycles. The molecule has 3 rings (SSSR count). The zero-order valence-corrected chi connectivity index (χ0v) is 20.4. The minimum absolute atomic E-state index is 0.0994. The Morgan fingerprint density at radius 1 is 1.06 bits per heavy atom. The van der Waals surface area contributed by atoms with Crippen molar-refractivity contribution in [3.63, 3.8) is 0 Å². The van der Waals surface area contributed by atoms with Gasteiger partial charge in [-0.25, -0.2) is 9.18 Å². The predicted octanol–water partition coefficient (Wildman–Crippen LogP) is 6.01. The highest BCUT2D eigenvalue weighted by molar-refractivity contribution is 7.10. The standard InChI is InChI=1S/C27H30FN3O2S/c1-4-15-30(27(33)29-24-9-7-6-8-22(24)5-2)19-26(32)31(18-25-20(3)14-16-34-25)17-21-10-12-23(28)13-11-21/h4,6-14,16H,1,5,15,17-19H2,2-3H3,(H,29,33). The summed E-state index contributed by atoms with van der Waals surface area (Å²) in [5, 5.41) is 4.92. The molecule has 0 aliphatic heterocycles. The first-order valence-corrected chi connectivity index (χ1v) is 12.1. The van der Waals surface area contributed by atoms with Crippen molar-refractivity contribution in [2.75, 3.05) is 18.4 Å². The molecule has 0 spiro atoms. The van der Waals surface area contributed by atoms with E-state index in [1.807, 2.05) is 49.6 Å². The van der Waals surface area contributed by atoms with Crippen LogP contribution >= 0.6 is 11.3 Å². The summed E-state index contributed by atoms with van der Waals surface area (Å²) in [6, 6.07) is 15.4. The van der Waals surface area contributed by atoms with Crippen LogP contribution in [0, 0.1) is 12.7 Å². The highest BCUT2D eigenvalue weighted by Gasteiger charge is 2.22. The molecule has 0 aliphatic carbocycles. The van der Waals surface area contributed by atoms with Gasteiger partial charge >= 0.3 is 6.03 Å². The summed E-state index contributed by atoms with van der Waals surface area (Å²) >= 11 is 1.59. The Morgan fingerprint density at radius 3 is 2.44 bits per heavy atom. The van der Waals surface area contributed by atoms with Crippen LogP contribution in [0.4, 0.5) is 14.9 Å². The number of anilines is 1. The Bertz CT molecular complexity index is 1130. The molecule has 7 heteroatoms. The van der Waals surface area contributed by atoms with Gasteiger partial charge in [0, 0.05) is 23.7 Å². The summed E-state index contributed by atoms with van der Waals surface area (Å²) < 4.78 is 13.4. The molecule has 178 valence electrons. The van der Waals surface area contributed by atoms with Crippen LogP contribution in [0.25, 0.3) is 0 Å². The molecular weight excluding hydrogens is 449 g/mol. The molecule has 0 unspecified atom stereocenters. The summed E-state index contributed by atoms with van der Waals surface area (Å²) in [5.74, 6) is -0.519. The van der Waals surface area contributed by atoms with Crippen LogP contribution in [0.15, 0.2) is 72.6 Å². The van der Waals surface area contributed by atoms with E-state index in [4.69, 9.17) is 0 Å². The van der Waals surface area contributed by atoms with Gasteiger partial charge < -0.3 is 15.1 Å². The molecule has 0 radical (unpaired) electrons. The van der Waals surface area contributed by atoms with E-state index in [9.17, 15) is 14.0 Å². The predicted molar refractivity (Wildman–Crippen MR) is 136 cm³/mol. The first-order valence-electron chi connectivity index (χ1n) is 11.2. The highest BCUT2D eigenvalue weighted by atomic mass is 32.1. The highest BCUT2D eigenvalue weighted by Crippen LogP contribution is 2.20. The summed E-state index contributed by atoms with van der Waals surface area (Å²) in [4.78, 5) is 30.7. The van der Waals surface area contributed by atoms with E-state index in [-0.39, 0.29) is 30.8 Å². The smallest absolute Gasteiger partial charge is 0.322 e. The van der Waals surface area contributed by atoms with Crippen molar-refractivity contribution >= 4 is 29.0 Å². The third-order valence-corrected chi connectivity index (χ3v) is 6.55. The molecule has 1 aromatic heterocycles. The molecule has 0 saturated heterocycles. The number of urea groups is 1. The molecule has 1 N–H and O–H groups in total. The molecular formula is C27H30FN3O2S. The number of hydrogen-bond acceptors (Lipinski definition) is 3. The molecule has 3 aromatic rings. The molecule has 5 nitrogen and oxygen atoms in total. The number of rotatable bonds is 10. The number of hydrogen-bond donors (Lipinski definition) is 1. The summed E-state index contributed by atoms with van der Waals surface area (Å²) in [6.07, 6.45) is 2.38. The Kier molecular flexibility index (Phi) is 8.99.